The summed E-state index contributed by atoms with van der Waals surface area (Å²) in [5, 5.41) is 21.1. The van der Waals surface area contributed by atoms with Crippen molar-refractivity contribution in [3.05, 3.63) is 44.2 Å². The maximum Gasteiger partial charge on any atom is 0.452 e. The standard InChI is InChI=1S/C10H9FN2O7/c1-2-19-10(14)9(13(17)18)20-6-3-4-8(12(15)16)7(11)5-6/h3-5,9H,2H2,1H3. The highest BCUT2D eigenvalue weighted by atomic mass is 19.1. The van der Waals surface area contributed by atoms with Gasteiger partial charge in [0.1, 0.15) is 5.75 Å². The SMILES string of the molecule is CCOC(=O)C(Oc1ccc([N+](=O)[O-])c(F)c1)[N+](=O)[O-]. The summed E-state index contributed by atoms with van der Waals surface area (Å²) in [5.41, 5.74) is -0.814. The Morgan fingerprint density at radius 3 is 2.50 bits per heavy atom. The molecule has 108 valence electrons. The van der Waals surface area contributed by atoms with Crippen molar-refractivity contribution in [3.8, 4) is 5.75 Å². The van der Waals surface area contributed by atoms with Gasteiger partial charge in [-0.1, -0.05) is 0 Å². The summed E-state index contributed by atoms with van der Waals surface area (Å²) in [6.45, 7) is 1.35. The van der Waals surface area contributed by atoms with Gasteiger partial charge in [0, 0.05) is 12.1 Å². The van der Waals surface area contributed by atoms with E-state index >= 15 is 0 Å². The molecule has 1 atom stereocenters. The zero-order valence-electron chi connectivity index (χ0n) is 10.1. The average molecular weight is 288 g/mol. The summed E-state index contributed by atoms with van der Waals surface area (Å²) in [4.78, 5) is 30.3. The molecule has 0 bridgehead atoms. The number of nitro groups is 2. The van der Waals surface area contributed by atoms with Gasteiger partial charge in [0.2, 0.25) is 5.82 Å². The Labute approximate surface area is 111 Å². The molecule has 0 amide bonds. The van der Waals surface area contributed by atoms with E-state index in [9.17, 15) is 29.4 Å². The monoisotopic (exact) mass is 288 g/mol. The maximum absolute atomic E-state index is 13.3. The van der Waals surface area contributed by atoms with Crippen LogP contribution in [-0.2, 0) is 9.53 Å². The molecule has 0 aliphatic heterocycles. The van der Waals surface area contributed by atoms with E-state index in [1.165, 1.54) is 6.92 Å². The van der Waals surface area contributed by atoms with Crippen LogP contribution in [0.4, 0.5) is 10.1 Å². The minimum Gasteiger partial charge on any atom is -0.458 e. The molecule has 0 heterocycles. The van der Waals surface area contributed by atoms with Gasteiger partial charge in [-0.3, -0.25) is 20.2 Å². The lowest BCUT2D eigenvalue weighted by atomic mass is 10.3. The predicted molar refractivity (Wildman–Crippen MR) is 61.1 cm³/mol. The van der Waals surface area contributed by atoms with E-state index in [1.807, 2.05) is 0 Å². The molecule has 0 N–H and O–H groups in total. The molecule has 1 aromatic carbocycles. The van der Waals surface area contributed by atoms with Gasteiger partial charge in [0.25, 0.3) is 0 Å². The molecule has 0 saturated carbocycles. The number of carbonyl (C=O) groups excluding carboxylic acids is 1. The summed E-state index contributed by atoms with van der Waals surface area (Å²) in [6, 6.07) is 2.29. The van der Waals surface area contributed by atoms with Crippen LogP contribution in [0.5, 0.6) is 5.75 Å². The van der Waals surface area contributed by atoms with Crippen molar-refractivity contribution >= 4 is 11.7 Å². The quantitative estimate of drug-likeness (QED) is 0.334. The van der Waals surface area contributed by atoms with E-state index in [0.717, 1.165) is 12.1 Å². The van der Waals surface area contributed by atoms with Crippen LogP contribution in [0, 0.1) is 26.0 Å². The smallest absolute Gasteiger partial charge is 0.452 e. The Morgan fingerprint density at radius 1 is 1.40 bits per heavy atom. The first-order valence-electron chi connectivity index (χ1n) is 5.27. The number of nitrogens with zero attached hydrogens (tertiary/aromatic N) is 2. The van der Waals surface area contributed by atoms with Crippen LogP contribution >= 0.6 is 0 Å². The van der Waals surface area contributed by atoms with Crippen LogP contribution in [0.2, 0.25) is 0 Å². The zero-order valence-corrected chi connectivity index (χ0v) is 10.1. The molecule has 0 fully saturated rings. The van der Waals surface area contributed by atoms with Crippen LogP contribution in [-0.4, -0.2) is 28.7 Å². The highest BCUT2D eigenvalue weighted by molar-refractivity contribution is 5.73. The summed E-state index contributed by atoms with van der Waals surface area (Å²) in [7, 11) is 0. The van der Waals surface area contributed by atoms with E-state index in [1.54, 1.807) is 0 Å². The van der Waals surface area contributed by atoms with Gasteiger partial charge in [-0.05, 0) is 13.0 Å². The van der Waals surface area contributed by atoms with E-state index in [2.05, 4.69) is 9.47 Å². The molecule has 1 unspecified atom stereocenters. The number of hydrogen-bond donors (Lipinski definition) is 0. The maximum atomic E-state index is 13.3. The van der Waals surface area contributed by atoms with Gasteiger partial charge in [-0.25, -0.2) is 4.79 Å². The summed E-state index contributed by atoms with van der Waals surface area (Å²) in [5.74, 6) is -2.89. The third-order valence-corrected chi connectivity index (χ3v) is 2.04. The van der Waals surface area contributed by atoms with Gasteiger partial charge < -0.3 is 9.47 Å². The van der Waals surface area contributed by atoms with Crippen molar-refractivity contribution in [3.63, 3.8) is 0 Å². The Balaban J connectivity index is 2.95. The second-order valence-electron chi connectivity index (χ2n) is 3.38. The number of esters is 1. The molecular formula is C10H9FN2O7. The highest BCUT2D eigenvalue weighted by Gasteiger charge is 2.34. The number of hydrogen-bond acceptors (Lipinski definition) is 7. The van der Waals surface area contributed by atoms with Crippen LogP contribution in [0.1, 0.15) is 6.92 Å². The van der Waals surface area contributed by atoms with Gasteiger partial charge in [0.15, 0.2) is 0 Å². The van der Waals surface area contributed by atoms with E-state index < -0.39 is 39.3 Å². The molecule has 10 heteroatoms. The summed E-state index contributed by atoms with van der Waals surface area (Å²) in [6.07, 6.45) is -2.17. The van der Waals surface area contributed by atoms with E-state index in [-0.39, 0.29) is 6.61 Å². The van der Waals surface area contributed by atoms with Gasteiger partial charge >= 0.3 is 17.9 Å². The van der Waals surface area contributed by atoms with Gasteiger partial charge in [0.05, 0.1) is 16.5 Å². The fourth-order valence-electron chi connectivity index (χ4n) is 1.23. The predicted octanol–water partition coefficient (Wildman–Crippen LogP) is 1.28. The molecule has 0 saturated heterocycles. The number of benzene rings is 1. The van der Waals surface area contributed by atoms with Crippen LogP contribution in [0.15, 0.2) is 18.2 Å². The second-order valence-corrected chi connectivity index (χ2v) is 3.38. The minimum atomic E-state index is -2.17. The number of rotatable bonds is 6. The molecular weight excluding hydrogens is 279 g/mol. The average Bonchev–Trinajstić information content (AvgIpc) is 2.35. The Kier molecular flexibility index (Phi) is 4.89. The molecule has 0 radical (unpaired) electrons. The Morgan fingerprint density at radius 2 is 2.05 bits per heavy atom. The second kappa shape index (κ2) is 6.41. The first-order chi connectivity index (χ1) is 9.36. The topological polar surface area (TPSA) is 122 Å². The first kappa shape index (κ1) is 15.3. The molecule has 0 aliphatic rings. The van der Waals surface area contributed by atoms with Crippen LogP contribution in [0.25, 0.3) is 0 Å². The fourth-order valence-corrected chi connectivity index (χ4v) is 1.23. The Hall–Kier alpha value is -2.78. The van der Waals surface area contributed by atoms with Crippen molar-refractivity contribution in [2.75, 3.05) is 6.61 Å². The third kappa shape index (κ3) is 3.60. The van der Waals surface area contributed by atoms with Gasteiger partial charge in [-0.2, -0.15) is 4.39 Å². The molecule has 1 aromatic rings. The fraction of sp³-hybridized carbons (Fsp3) is 0.300. The van der Waals surface area contributed by atoms with Gasteiger partial charge in [-0.15, -0.1) is 0 Å². The van der Waals surface area contributed by atoms with Crippen molar-refractivity contribution < 1.29 is 28.5 Å². The van der Waals surface area contributed by atoms with Crippen molar-refractivity contribution in [1.29, 1.82) is 0 Å². The molecule has 0 aliphatic carbocycles. The number of halogens is 1. The van der Waals surface area contributed by atoms with Crippen molar-refractivity contribution in [2.24, 2.45) is 0 Å². The van der Waals surface area contributed by atoms with E-state index in [0.29, 0.717) is 6.07 Å². The molecule has 1 rings (SSSR count). The molecule has 20 heavy (non-hydrogen) atoms. The normalized spacial score (nSPS) is 11.5. The molecule has 0 spiro atoms. The highest BCUT2D eigenvalue weighted by Crippen LogP contribution is 2.23. The van der Waals surface area contributed by atoms with Crippen molar-refractivity contribution in [1.82, 2.24) is 0 Å². The molecule has 0 aromatic heterocycles. The van der Waals surface area contributed by atoms with Crippen LogP contribution in [0.3, 0.4) is 0 Å². The third-order valence-electron chi connectivity index (χ3n) is 2.04. The number of ether oxygens (including phenoxy) is 2. The Bertz CT molecular complexity index is 548. The summed E-state index contributed by atoms with van der Waals surface area (Å²) >= 11 is 0. The lowest BCUT2D eigenvalue weighted by Crippen LogP contribution is -2.36. The lowest BCUT2D eigenvalue weighted by Gasteiger charge is -2.10. The minimum absolute atomic E-state index is 0.0961. The molecule has 9 nitrogen and oxygen atoms in total. The lowest BCUT2D eigenvalue weighted by molar-refractivity contribution is -0.548. The van der Waals surface area contributed by atoms with E-state index in [4.69, 9.17) is 0 Å². The number of nitro benzene ring substituents is 1. The van der Waals surface area contributed by atoms with Crippen LogP contribution < -0.4 is 4.74 Å². The largest absolute Gasteiger partial charge is 0.458 e. The number of carbonyl (C=O) groups is 1. The first-order valence-corrected chi connectivity index (χ1v) is 5.27. The van der Waals surface area contributed by atoms with Crippen molar-refractivity contribution in [2.45, 2.75) is 13.2 Å². The summed E-state index contributed by atoms with van der Waals surface area (Å²) < 4.78 is 22.4. The zero-order chi connectivity index (χ0) is 15.3.